The molecular weight excluding hydrogens is 382 g/mol. The smallest absolute Gasteiger partial charge is 0.158 e. The molecule has 0 bridgehead atoms. The fraction of sp³-hybridized carbons (Fsp3) is 0.250. The summed E-state index contributed by atoms with van der Waals surface area (Å²) in [5.74, 6) is 0. The van der Waals surface area contributed by atoms with Crippen LogP contribution < -0.4 is 5.32 Å². The van der Waals surface area contributed by atoms with Crippen LogP contribution in [-0.2, 0) is 0 Å². The van der Waals surface area contributed by atoms with Crippen molar-refractivity contribution in [2.45, 2.75) is 9.79 Å². The molecule has 28 heavy (non-hydrogen) atoms. The van der Waals surface area contributed by atoms with Gasteiger partial charge in [0.15, 0.2) is 5.58 Å². The Hall–Kier alpha value is -2.04. The van der Waals surface area contributed by atoms with Crippen molar-refractivity contribution in [3.05, 3.63) is 60.7 Å². The zero-order chi connectivity index (χ0) is 20.1. The molecule has 1 heterocycles. The highest BCUT2D eigenvalue weighted by molar-refractivity contribution is 8.32. The second-order valence-corrected chi connectivity index (χ2v) is 16.9. The lowest BCUT2D eigenvalue weighted by molar-refractivity contribution is 0.661. The molecule has 0 aliphatic carbocycles. The largest absolute Gasteiger partial charge is 0.453 e. The van der Waals surface area contributed by atoms with E-state index in [0.717, 1.165) is 16.9 Å². The lowest BCUT2D eigenvalue weighted by atomic mass is 10.1. The molecule has 0 atom stereocenters. The van der Waals surface area contributed by atoms with Gasteiger partial charge in [-0.25, -0.2) is 20.1 Å². The van der Waals surface area contributed by atoms with Gasteiger partial charge >= 0.3 is 0 Å². The van der Waals surface area contributed by atoms with E-state index < -0.39 is 20.1 Å². The third-order valence-electron chi connectivity index (χ3n) is 4.96. The average molecular weight is 412 g/mol. The lowest BCUT2D eigenvalue weighted by Crippen LogP contribution is -1.99. The summed E-state index contributed by atoms with van der Waals surface area (Å²) in [6.45, 7) is 0. The minimum Gasteiger partial charge on any atom is -0.453 e. The van der Waals surface area contributed by atoms with Crippen molar-refractivity contribution in [2.75, 3.05) is 42.9 Å². The number of nitrogens with one attached hydrogen (secondary N) is 1. The molecule has 0 saturated heterocycles. The SMILES string of the molecule is CS(C)(C)c1ccccc1Nc1cccc2c1oc1c(S(C)(C)C)cccc12. The number of hydrogen-bond acceptors (Lipinski definition) is 2. The van der Waals surface area contributed by atoms with Crippen molar-refractivity contribution >= 4 is 53.4 Å². The van der Waals surface area contributed by atoms with Gasteiger partial charge < -0.3 is 9.73 Å². The van der Waals surface area contributed by atoms with Crippen LogP contribution in [0.1, 0.15) is 0 Å². The Morgan fingerprint density at radius 1 is 0.571 bits per heavy atom. The molecule has 4 heteroatoms. The van der Waals surface area contributed by atoms with Crippen LogP contribution in [0.5, 0.6) is 0 Å². The van der Waals surface area contributed by atoms with Crippen LogP contribution >= 0.6 is 20.1 Å². The lowest BCUT2D eigenvalue weighted by Gasteiger charge is -2.28. The Morgan fingerprint density at radius 2 is 1.11 bits per heavy atom. The maximum Gasteiger partial charge on any atom is 0.158 e. The van der Waals surface area contributed by atoms with Gasteiger partial charge in [-0.3, -0.25) is 0 Å². The number of para-hydroxylation sites is 3. The first-order valence-electron chi connectivity index (χ1n) is 9.33. The van der Waals surface area contributed by atoms with Crippen LogP contribution in [0.2, 0.25) is 0 Å². The summed E-state index contributed by atoms with van der Waals surface area (Å²) in [6.07, 6.45) is 13.9. The van der Waals surface area contributed by atoms with Crippen LogP contribution in [0.15, 0.2) is 74.9 Å². The summed E-state index contributed by atoms with van der Waals surface area (Å²) in [4.78, 5) is 2.70. The summed E-state index contributed by atoms with van der Waals surface area (Å²) in [5.41, 5.74) is 4.16. The minimum atomic E-state index is -0.886. The molecule has 4 rings (SSSR count). The quantitative estimate of drug-likeness (QED) is 0.377. The Kier molecular flexibility index (Phi) is 4.67. The van der Waals surface area contributed by atoms with Crippen LogP contribution in [0, 0.1) is 0 Å². The first-order chi connectivity index (χ1) is 13.2. The molecule has 1 N–H and O–H groups in total. The third-order valence-corrected chi connectivity index (χ3v) is 8.28. The van der Waals surface area contributed by atoms with E-state index in [1.54, 1.807) is 0 Å². The number of furan rings is 1. The summed E-state index contributed by atoms with van der Waals surface area (Å²) in [5, 5.41) is 6.05. The first-order valence-corrected chi connectivity index (χ1v) is 15.0. The Morgan fingerprint density at radius 3 is 1.79 bits per heavy atom. The molecule has 0 fully saturated rings. The Bertz CT molecular complexity index is 1160. The van der Waals surface area contributed by atoms with Gasteiger partial charge in [0, 0.05) is 20.6 Å². The molecule has 0 radical (unpaired) electrons. The monoisotopic (exact) mass is 411 g/mol. The van der Waals surface area contributed by atoms with E-state index in [9.17, 15) is 0 Å². The maximum atomic E-state index is 6.50. The number of anilines is 2. The first kappa shape index (κ1) is 19.3. The summed E-state index contributed by atoms with van der Waals surface area (Å²) >= 11 is 0. The molecule has 3 aromatic carbocycles. The number of fused-ring (bicyclic) bond motifs is 3. The second-order valence-electron chi connectivity index (χ2n) is 8.71. The van der Waals surface area contributed by atoms with Crippen molar-refractivity contribution in [3.8, 4) is 0 Å². The molecule has 2 nitrogen and oxygen atoms in total. The van der Waals surface area contributed by atoms with Gasteiger partial charge in [-0.05, 0) is 61.8 Å². The van der Waals surface area contributed by atoms with E-state index in [0.29, 0.717) is 0 Å². The highest BCUT2D eigenvalue weighted by Gasteiger charge is 2.19. The predicted octanol–water partition coefficient (Wildman–Crippen LogP) is 7.44. The average Bonchev–Trinajstić information content (AvgIpc) is 3.00. The molecule has 0 unspecified atom stereocenters. The van der Waals surface area contributed by atoms with E-state index in [1.807, 2.05) is 0 Å². The van der Waals surface area contributed by atoms with E-state index in [2.05, 4.69) is 104 Å². The summed E-state index contributed by atoms with van der Waals surface area (Å²) in [7, 11) is -1.73. The summed E-state index contributed by atoms with van der Waals surface area (Å²) in [6, 6.07) is 21.6. The van der Waals surface area contributed by atoms with Gasteiger partial charge in [0.05, 0.1) is 11.4 Å². The highest BCUT2D eigenvalue weighted by Crippen LogP contribution is 2.52. The third kappa shape index (κ3) is 3.40. The Labute approximate surface area is 171 Å². The zero-order valence-corrected chi connectivity index (χ0v) is 19.1. The minimum absolute atomic E-state index is 0.847. The van der Waals surface area contributed by atoms with Crippen molar-refractivity contribution < 1.29 is 4.42 Å². The molecule has 0 amide bonds. The van der Waals surface area contributed by atoms with Crippen molar-refractivity contribution in [2.24, 2.45) is 0 Å². The van der Waals surface area contributed by atoms with E-state index in [1.165, 1.54) is 26.3 Å². The molecular formula is C24H29NOS2. The topological polar surface area (TPSA) is 25.2 Å². The number of benzene rings is 3. The highest BCUT2D eigenvalue weighted by atomic mass is 32.3. The fourth-order valence-corrected chi connectivity index (χ4v) is 6.08. The number of hydrogen-bond donors (Lipinski definition) is 1. The van der Waals surface area contributed by atoms with Gasteiger partial charge in [0.1, 0.15) is 5.58 Å². The van der Waals surface area contributed by atoms with Gasteiger partial charge in [0.2, 0.25) is 0 Å². The van der Waals surface area contributed by atoms with Gasteiger partial charge in [-0.2, -0.15) is 0 Å². The molecule has 4 aromatic rings. The van der Waals surface area contributed by atoms with Crippen LogP contribution in [0.3, 0.4) is 0 Å². The fourth-order valence-electron chi connectivity index (χ4n) is 3.62. The normalized spacial score (nSPS) is 13.8. The summed E-state index contributed by atoms with van der Waals surface area (Å²) < 4.78 is 6.50. The van der Waals surface area contributed by atoms with Crippen molar-refractivity contribution in [1.29, 1.82) is 0 Å². The Balaban J connectivity index is 1.91. The number of rotatable bonds is 4. The van der Waals surface area contributed by atoms with Gasteiger partial charge in [-0.15, -0.1) is 0 Å². The van der Waals surface area contributed by atoms with Gasteiger partial charge in [-0.1, -0.05) is 36.4 Å². The van der Waals surface area contributed by atoms with Crippen LogP contribution in [0.25, 0.3) is 21.9 Å². The van der Waals surface area contributed by atoms with Crippen LogP contribution in [-0.4, -0.2) is 37.5 Å². The molecule has 0 spiro atoms. The van der Waals surface area contributed by atoms with E-state index in [4.69, 9.17) is 4.42 Å². The van der Waals surface area contributed by atoms with E-state index in [-0.39, 0.29) is 0 Å². The predicted molar refractivity (Wildman–Crippen MR) is 131 cm³/mol. The van der Waals surface area contributed by atoms with Crippen molar-refractivity contribution in [3.63, 3.8) is 0 Å². The van der Waals surface area contributed by atoms with E-state index >= 15 is 0 Å². The standard InChI is InChI=1S/C24H29NOS2/c1-27(2,3)21-15-8-7-13-19(21)25-20-14-9-11-17-18-12-10-16-22(28(4,5)6)24(18)26-23(17)20/h7-16,25H,1-6H3. The van der Waals surface area contributed by atoms with Gasteiger partial charge in [0.25, 0.3) is 0 Å². The molecule has 148 valence electrons. The molecule has 0 aliphatic heterocycles. The van der Waals surface area contributed by atoms with Crippen molar-refractivity contribution in [1.82, 2.24) is 0 Å². The molecule has 0 saturated carbocycles. The van der Waals surface area contributed by atoms with Crippen LogP contribution in [0.4, 0.5) is 11.4 Å². The second kappa shape index (κ2) is 6.78. The molecule has 1 aromatic heterocycles. The maximum absolute atomic E-state index is 6.50. The zero-order valence-electron chi connectivity index (χ0n) is 17.5. The molecule has 0 aliphatic rings.